The second-order valence-corrected chi connectivity index (χ2v) is 11.8. The average molecular weight is 452 g/mol. The molecule has 6 rings (SSSR count). The predicted molar refractivity (Wildman–Crippen MR) is 126 cm³/mol. The van der Waals surface area contributed by atoms with Crippen molar-refractivity contribution in [3.63, 3.8) is 0 Å². The van der Waals surface area contributed by atoms with E-state index in [-0.39, 0.29) is 29.8 Å². The molecule has 6 nitrogen and oxygen atoms in total. The van der Waals surface area contributed by atoms with Gasteiger partial charge in [0.1, 0.15) is 12.1 Å². The largest absolute Gasteiger partial charge is 0.352 e. The molecule has 33 heavy (non-hydrogen) atoms. The summed E-state index contributed by atoms with van der Waals surface area (Å²) in [6.07, 6.45) is 7.69. The lowest BCUT2D eigenvalue weighted by Crippen LogP contribution is -2.57. The molecular weight excluding hydrogens is 414 g/mol. The molecule has 0 unspecified atom stereocenters. The van der Waals surface area contributed by atoms with Gasteiger partial charge in [-0.2, -0.15) is 0 Å². The number of imide groups is 1. The molecular formula is C27H37N3O3. The van der Waals surface area contributed by atoms with Crippen LogP contribution < -0.4 is 10.6 Å². The molecule has 0 aromatic heterocycles. The van der Waals surface area contributed by atoms with Crippen LogP contribution in [-0.4, -0.2) is 35.3 Å². The van der Waals surface area contributed by atoms with Gasteiger partial charge in [-0.15, -0.1) is 0 Å². The molecule has 2 N–H and O–H groups in total. The lowest BCUT2D eigenvalue weighted by molar-refractivity contribution is -0.136. The Morgan fingerprint density at radius 2 is 1.58 bits per heavy atom. The minimum Gasteiger partial charge on any atom is -0.352 e. The SMILES string of the molecule is CC(C)c1ccc([C@@]2(C)NC(=O)N(CC(=O)N[C@H](C)C34CC5CC(CC(C5)C3)C4)C2=O)cc1. The summed E-state index contributed by atoms with van der Waals surface area (Å²) in [5, 5.41) is 6.00. The fraction of sp³-hybridized carbons (Fsp3) is 0.667. The maximum Gasteiger partial charge on any atom is 0.325 e. The van der Waals surface area contributed by atoms with Crippen LogP contribution in [-0.2, 0) is 15.1 Å². The third-order valence-electron chi connectivity index (χ3n) is 9.11. The highest BCUT2D eigenvalue weighted by molar-refractivity contribution is 6.09. The van der Waals surface area contributed by atoms with E-state index in [0.717, 1.165) is 28.2 Å². The van der Waals surface area contributed by atoms with Gasteiger partial charge in [0, 0.05) is 6.04 Å². The van der Waals surface area contributed by atoms with Gasteiger partial charge in [0.25, 0.3) is 5.91 Å². The maximum atomic E-state index is 13.3. The van der Waals surface area contributed by atoms with Crippen LogP contribution in [0.4, 0.5) is 4.79 Å². The first kappa shape index (κ1) is 22.4. The monoisotopic (exact) mass is 451 g/mol. The van der Waals surface area contributed by atoms with Gasteiger partial charge in [-0.1, -0.05) is 38.1 Å². The van der Waals surface area contributed by atoms with E-state index in [1.54, 1.807) is 6.92 Å². The van der Waals surface area contributed by atoms with Gasteiger partial charge in [-0.25, -0.2) is 4.79 Å². The van der Waals surface area contributed by atoms with Crippen LogP contribution >= 0.6 is 0 Å². The highest BCUT2D eigenvalue weighted by atomic mass is 16.2. The van der Waals surface area contributed by atoms with E-state index < -0.39 is 11.6 Å². The third kappa shape index (κ3) is 3.75. The Bertz CT molecular complexity index is 934. The van der Waals surface area contributed by atoms with E-state index in [9.17, 15) is 14.4 Å². The van der Waals surface area contributed by atoms with Gasteiger partial charge in [0.2, 0.25) is 5.91 Å². The minimum atomic E-state index is -1.15. The standard InChI is InChI=1S/C27H37N3O3/c1-16(2)21-5-7-22(8-6-21)26(4)24(32)30(25(33)29-26)15-23(31)28-17(3)27-12-18-9-19(13-27)11-20(10-18)14-27/h5-8,16-20H,9-15H2,1-4H3,(H,28,31)(H,29,33)/t17-,18?,19?,20?,26-,27?/m1/s1. The number of nitrogens with zero attached hydrogens (tertiary/aromatic N) is 1. The Balaban J connectivity index is 1.25. The molecule has 4 bridgehead atoms. The molecule has 6 heteroatoms. The lowest BCUT2D eigenvalue weighted by atomic mass is 9.48. The zero-order valence-electron chi connectivity index (χ0n) is 20.3. The van der Waals surface area contributed by atoms with E-state index in [0.29, 0.717) is 5.92 Å². The van der Waals surface area contributed by atoms with Gasteiger partial charge >= 0.3 is 6.03 Å². The molecule has 1 saturated heterocycles. The molecule has 0 radical (unpaired) electrons. The van der Waals surface area contributed by atoms with Crippen molar-refractivity contribution >= 4 is 17.8 Å². The third-order valence-corrected chi connectivity index (χ3v) is 9.11. The fourth-order valence-corrected chi connectivity index (χ4v) is 7.53. The maximum absolute atomic E-state index is 13.3. The molecule has 0 spiro atoms. The number of hydrogen-bond acceptors (Lipinski definition) is 3. The second-order valence-electron chi connectivity index (χ2n) is 11.8. The van der Waals surface area contributed by atoms with Gasteiger partial charge in [0.05, 0.1) is 0 Å². The van der Waals surface area contributed by atoms with Crippen molar-refractivity contribution in [3.8, 4) is 0 Å². The Hall–Kier alpha value is -2.37. The smallest absolute Gasteiger partial charge is 0.325 e. The van der Waals surface area contributed by atoms with Crippen molar-refractivity contribution in [2.75, 3.05) is 6.54 Å². The number of nitrogens with one attached hydrogen (secondary N) is 2. The summed E-state index contributed by atoms with van der Waals surface area (Å²) in [7, 11) is 0. The summed E-state index contributed by atoms with van der Waals surface area (Å²) in [6, 6.07) is 7.33. The van der Waals surface area contributed by atoms with Crippen LogP contribution in [0.25, 0.3) is 0 Å². The summed E-state index contributed by atoms with van der Waals surface area (Å²) in [4.78, 5) is 40.0. The first-order chi connectivity index (χ1) is 15.6. The number of hydrogen-bond donors (Lipinski definition) is 2. The van der Waals surface area contributed by atoms with Crippen molar-refractivity contribution in [1.29, 1.82) is 0 Å². The van der Waals surface area contributed by atoms with E-state index in [1.807, 2.05) is 24.3 Å². The Morgan fingerprint density at radius 3 is 2.09 bits per heavy atom. The molecule has 4 aliphatic carbocycles. The van der Waals surface area contributed by atoms with Gasteiger partial charge < -0.3 is 10.6 Å². The van der Waals surface area contributed by atoms with E-state index >= 15 is 0 Å². The molecule has 4 amide bonds. The molecule has 2 atom stereocenters. The van der Waals surface area contributed by atoms with Crippen LogP contribution in [0, 0.1) is 23.2 Å². The van der Waals surface area contributed by atoms with E-state index in [1.165, 1.54) is 44.1 Å². The summed E-state index contributed by atoms with van der Waals surface area (Å²) < 4.78 is 0. The second kappa shape index (κ2) is 7.85. The fourth-order valence-electron chi connectivity index (χ4n) is 7.53. The van der Waals surface area contributed by atoms with Crippen molar-refractivity contribution in [2.45, 2.75) is 83.7 Å². The van der Waals surface area contributed by atoms with Crippen molar-refractivity contribution < 1.29 is 14.4 Å². The van der Waals surface area contributed by atoms with Crippen LogP contribution in [0.15, 0.2) is 24.3 Å². The topological polar surface area (TPSA) is 78.5 Å². The molecule has 178 valence electrons. The highest BCUT2D eigenvalue weighted by Gasteiger charge is 2.54. The molecule has 5 fully saturated rings. The summed E-state index contributed by atoms with van der Waals surface area (Å²) in [5.41, 5.74) is 0.941. The minimum absolute atomic E-state index is 0.0640. The summed E-state index contributed by atoms with van der Waals surface area (Å²) >= 11 is 0. The quantitative estimate of drug-likeness (QED) is 0.633. The first-order valence-electron chi connectivity index (χ1n) is 12.6. The zero-order chi connectivity index (χ0) is 23.5. The molecule has 5 aliphatic rings. The Kier molecular flexibility index (Phi) is 5.33. The van der Waals surface area contributed by atoms with Crippen molar-refractivity contribution in [3.05, 3.63) is 35.4 Å². The first-order valence-corrected chi connectivity index (χ1v) is 12.6. The van der Waals surface area contributed by atoms with Crippen LogP contribution in [0.2, 0.25) is 0 Å². The van der Waals surface area contributed by atoms with Crippen LogP contribution in [0.1, 0.15) is 83.3 Å². The van der Waals surface area contributed by atoms with Gasteiger partial charge in [0.15, 0.2) is 0 Å². The molecule has 1 aliphatic heterocycles. The van der Waals surface area contributed by atoms with Crippen molar-refractivity contribution in [1.82, 2.24) is 15.5 Å². The highest BCUT2D eigenvalue weighted by Crippen LogP contribution is 2.61. The van der Waals surface area contributed by atoms with Gasteiger partial charge in [-0.3, -0.25) is 14.5 Å². The molecule has 1 aromatic carbocycles. The molecule has 1 aromatic rings. The average Bonchev–Trinajstić information content (AvgIpc) is 2.96. The van der Waals surface area contributed by atoms with Crippen LogP contribution in [0.3, 0.4) is 0 Å². The number of urea groups is 1. The van der Waals surface area contributed by atoms with Gasteiger partial charge in [-0.05, 0) is 92.6 Å². The predicted octanol–water partition coefficient (Wildman–Crippen LogP) is 4.30. The summed E-state index contributed by atoms with van der Waals surface area (Å²) in [5.74, 6) is 2.19. The number of rotatable bonds is 6. The normalized spacial score (nSPS) is 35.8. The Morgan fingerprint density at radius 1 is 1.03 bits per heavy atom. The summed E-state index contributed by atoms with van der Waals surface area (Å²) in [6.45, 7) is 7.83. The zero-order valence-corrected chi connectivity index (χ0v) is 20.3. The lowest BCUT2D eigenvalue weighted by Gasteiger charge is -2.59. The number of carbonyl (C=O) groups is 3. The van der Waals surface area contributed by atoms with E-state index in [4.69, 9.17) is 0 Å². The van der Waals surface area contributed by atoms with E-state index in [2.05, 4.69) is 31.4 Å². The number of benzene rings is 1. The van der Waals surface area contributed by atoms with Crippen molar-refractivity contribution in [2.24, 2.45) is 23.2 Å². The number of amides is 4. The molecule has 1 heterocycles. The molecule has 4 saturated carbocycles. The Labute approximate surface area is 196 Å². The van der Waals surface area contributed by atoms with Crippen LogP contribution in [0.5, 0.6) is 0 Å². The number of carbonyl (C=O) groups excluding carboxylic acids is 3.